The lowest BCUT2D eigenvalue weighted by Crippen LogP contribution is -2.58. The van der Waals surface area contributed by atoms with Crippen LogP contribution in [0.15, 0.2) is 0 Å². The molecule has 2 aliphatic heterocycles. The van der Waals surface area contributed by atoms with Crippen molar-refractivity contribution >= 4 is 15.7 Å². The summed E-state index contributed by atoms with van der Waals surface area (Å²) in [5.41, 5.74) is -0.232. The quantitative estimate of drug-likeness (QED) is 0.719. The monoisotopic (exact) mass is 304 g/mol. The van der Waals surface area contributed by atoms with Crippen molar-refractivity contribution in [2.75, 3.05) is 45.3 Å². The number of hydrogen-bond acceptors (Lipinski definition) is 5. The Bertz CT molecular complexity index is 469. The van der Waals surface area contributed by atoms with Crippen molar-refractivity contribution in [3.63, 3.8) is 0 Å². The predicted molar refractivity (Wildman–Crippen MR) is 76.3 cm³/mol. The molecule has 0 bridgehead atoms. The number of hydrogen-bond donors (Lipinski definition) is 0. The summed E-state index contributed by atoms with van der Waals surface area (Å²) in [6.07, 6.45) is 2.97. The van der Waals surface area contributed by atoms with Crippen molar-refractivity contribution in [3.8, 4) is 0 Å². The van der Waals surface area contributed by atoms with Crippen LogP contribution in [-0.2, 0) is 19.4 Å². The Kier molecular flexibility index (Phi) is 4.41. The molecule has 2 aliphatic rings. The van der Waals surface area contributed by atoms with Crippen molar-refractivity contribution in [1.29, 1.82) is 0 Å². The highest BCUT2D eigenvalue weighted by Gasteiger charge is 2.41. The van der Waals surface area contributed by atoms with Crippen LogP contribution < -0.4 is 0 Å². The van der Waals surface area contributed by atoms with Gasteiger partial charge in [-0.2, -0.15) is 0 Å². The third-order valence-electron chi connectivity index (χ3n) is 4.33. The number of likely N-dealkylation sites (tertiary alicyclic amines) is 1. The molecule has 1 amide bonds. The average molecular weight is 304 g/mol. The molecule has 0 aromatic carbocycles. The lowest BCUT2D eigenvalue weighted by atomic mass is 9.89. The van der Waals surface area contributed by atoms with Crippen molar-refractivity contribution in [3.05, 3.63) is 0 Å². The summed E-state index contributed by atoms with van der Waals surface area (Å²) in [6, 6.07) is 0.0327. The third-order valence-corrected chi connectivity index (χ3v) is 5.42. The van der Waals surface area contributed by atoms with Gasteiger partial charge >= 0.3 is 0 Å². The topological polar surface area (TPSA) is 66.9 Å². The van der Waals surface area contributed by atoms with Gasteiger partial charge in [0.05, 0.1) is 11.4 Å². The van der Waals surface area contributed by atoms with Gasteiger partial charge in [-0.1, -0.05) is 0 Å². The molecule has 2 fully saturated rings. The molecule has 0 N–H and O–H groups in total. The van der Waals surface area contributed by atoms with Crippen LogP contribution in [0.3, 0.4) is 0 Å². The zero-order valence-electron chi connectivity index (χ0n) is 12.5. The lowest BCUT2D eigenvalue weighted by Gasteiger charge is -2.47. The SMILES string of the molecule is CC(CS(C)(=O)=O)N1CCC2(CC1)CN(C)C(=O)CO2. The van der Waals surface area contributed by atoms with Crippen LogP contribution in [0.1, 0.15) is 19.8 Å². The minimum Gasteiger partial charge on any atom is -0.363 e. The van der Waals surface area contributed by atoms with E-state index in [4.69, 9.17) is 4.74 Å². The van der Waals surface area contributed by atoms with Gasteiger partial charge in [0.1, 0.15) is 16.4 Å². The largest absolute Gasteiger partial charge is 0.363 e. The highest BCUT2D eigenvalue weighted by molar-refractivity contribution is 7.90. The first-order valence-corrected chi connectivity index (χ1v) is 9.07. The maximum absolute atomic E-state index is 11.5. The Morgan fingerprint density at radius 1 is 1.35 bits per heavy atom. The van der Waals surface area contributed by atoms with Crippen LogP contribution in [-0.4, -0.2) is 81.1 Å². The van der Waals surface area contributed by atoms with E-state index in [-0.39, 0.29) is 29.9 Å². The average Bonchev–Trinajstić information content (AvgIpc) is 2.33. The summed E-state index contributed by atoms with van der Waals surface area (Å²) in [7, 11) is -1.14. The first-order valence-electron chi connectivity index (χ1n) is 7.00. The Labute approximate surface area is 121 Å². The Hall–Kier alpha value is -0.660. The molecule has 0 saturated carbocycles. The summed E-state index contributed by atoms with van der Waals surface area (Å²) in [5.74, 6) is 0.225. The number of morpholine rings is 1. The van der Waals surface area contributed by atoms with Crippen LogP contribution in [0.25, 0.3) is 0 Å². The van der Waals surface area contributed by atoms with Crippen LogP contribution >= 0.6 is 0 Å². The molecule has 7 heteroatoms. The third kappa shape index (κ3) is 3.71. The second kappa shape index (κ2) is 5.61. The number of piperidine rings is 1. The minimum atomic E-state index is -2.95. The van der Waals surface area contributed by atoms with Crippen LogP contribution in [0, 0.1) is 0 Å². The number of ether oxygens (including phenoxy) is 1. The summed E-state index contributed by atoms with van der Waals surface area (Å²) in [6.45, 7) is 4.39. The van der Waals surface area contributed by atoms with Gasteiger partial charge < -0.3 is 9.64 Å². The molecule has 1 unspecified atom stereocenters. The number of carbonyl (C=O) groups excluding carboxylic acids is 1. The second-order valence-corrected chi connectivity index (χ2v) is 8.38. The zero-order chi connectivity index (χ0) is 15.0. The molecule has 1 atom stereocenters. The van der Waals surface area contributed by atoms with E-state index in [0.29, 0.717) is 6.54 Å². The molecule has 0 aliphatic carbocycles. The lowest BCUT2D eigenvalue weighted by molar-refractivity contribution is -0.169. The molecular formula is C13H24N2O4S. The fourth-order valence-corrected chi connectivity index (χ4v) is 4.20. The van der Waals surface area contributed by atoms with Crippen LogP contribution in [0.4, 0.5) is 0 Å². The molecule has 6 nitrogen and oxygen atoms in total. The zero-order valence-corrected chi connectivity index (χ0v) is 13.3. The standard InChI is InChI=1S/C13H24N2O4S/c1-11(9-20(3,17)18)15-6-4-13(5-7-15)10-14(2)12(16)8-19-13/h11H,4-10H2,1-3H3. The predicted octanol–water partition coefficient (Wildman–Crippen LogP) is -0.257. The molecule has 20 heavy (non-hydrogen) atoms. The first kappa shape index (κ1) is 15.7. The normalized spacial score (nSPS) is 25.9. The number of likely N-dealkylation sites (N-methyl/N-ethyl adjacent to an activating group) is 1. The number of sulfone groups is 1. The van der Waals surface area contributed by atoms with Crippen LogP contribution in [0.5, 0.6) is 0 Å². The van der Waals surface area contributed by atoms with Gasteiger partial charge in [-0.3, -0.25) is 9.69 Å². The molecule has 2 heterocycles. The van der Waals surface area contributed by atoms with E-state index >= 15 is 0 Å². The van der Waals surface area contributed by atoms with E-state index in [1.54, 1.807) is 4.90 Å². The van der Waals surface area contributed by atoms with Crippen molar-refractivity contribution in [2.24, 2.45) is 0 Å². The molecule has 1 spiro atoms. The van der Waals surface area contributed by atoms with Crippen LogP contribution in [0.2, 0.25) is 0 Å². The summed E-state index contributed by atoms with van der Waals surface area (Å²) < 4.78 is 28.5. The number of amides is 1. The van der Waals surface area contributed by atoms with Gasteiger partial charge in [-0.15, -0.1) is 0 Å². The summed E-state index contributed by atoms with van der Waals surface area (Å²) in [4.78, 5) is 15.4. The van der Waals surface area contributed by atoms with E-state index in [2.05, 4.69) is 4.90 Å². The molecule has 116 valence electrons. The molecule has 2 saturated heterocycles. The van der Waals surface area contributed by atoms with Gasteiger partial charge in [0, 0.05) is 39.0 Å². The molecule has 2 rings (SSSR count). The fourth-order valence-electron chi connectivity index (χ4n) is 3.11. The van der Waals surface area contributed by atoms with E-state index in [0.717, 1.165) is 25.9 Å². The fraction of sp³-hybridized carbons (Fsp3) is 0.923. The minimum absolute atomic E-state index is 0.0310. The van der Waals surface area contributed by atoms with Gasteiger partial charge in [0.2, 0.25) is 5.91 Å². The van der Waals surface area contributed by atoms with E-state index in [1.807, 2.05) is 14.0 Å². The van der Waals surface area contributed by atoms with Gasteiger partial charge in [0.25, 0.3) is 0 Å². The highest BCUT2D eigenvalue weighted by Crippen LogP contribution is 2.30. The van der Waals surface area contributed by atoms with Gasteiger partial charge in [-0.05, 0) is 19.8 Å². The van der Waals surface area contributed by atoms with E-state index < -0.39 is 9.84 Å². The maximum Gasteiger partial charge on any atom is 0.248 e. The number of carbonyl (C=O) groups is 1. The number of nitrogens with zero attached hydrogens (tertiary/aromatic N) is 2. The smallest absolute Gasteiger partial charge is 0.248 e. The van der Waals surface area contributed by atoms with Crippen molar-refractivity contribution in [1.82, 2.24) is 9.80 Å². The Morgan fingerprint density at radius 2 is 1.95 bits per heavy atom. The summed E-state index contributed by atoms with van der Waals surface area (Å²) in [5, 5.41) is 0. The van der Waals surface area contributed by atoms with E-state index in [9.17, 15) is 13.2 Å². The first-order chi connectivity index (χ1) is 9.21. The molecule has 0 radical (unpaired) electrons. The maximum atomic E-state index is 11.5. The summed E-state index contributed by atoms with van der Waals surface area (Å²) >= 11 is 0. The number of rotatable bonds is 3. The Balaban J connectivity index is 1.90. The Morgan fingerprint density at radius 3 is 2.45 bits per heavy atom. The molecular weight excluding hydrogens is 280 g/mol. The second-order valence-electron chi connectivity index (χ2n) is 6.20. The highest BCUT2D eigenvalue weighted by atomic mass is 32.2. The molecule has 0 aromatic rings. The van der Waals surface area contributed by atoms with Gasteiger partial charge in [-0.25, -0.2) is 8.42 Å². The van der Waals surface area contributed by atoms with Gasteiger partial charge in [0.15, 0.2) is 0 Å². The van der Waals surface area contributed by atoms with Crippen molar-refractivity contribution in [2.45, 2.75) is 31.4 Å². The van der Waals surface area contributed by atoms with Crippen molar-refractivity contribution < 1.29 is 17.9 Å². The molecule has 0 aromatic heterocycles. The van der Waals surface area contributed by atoms with E-state index in [1.165, 1.54) is 6.26 Å².